The van der Waals surface area contributed by atoms with Crippen LogP contribution in [0.4, 0.5) is 0 Å². The van der Waals surface area contributed by atoms with Crippen LogP contribution in [-0.2, 0) is 16.4 Å². The molecule has 1 fully saturated rings. The highest BCUT2D eigenvalue weighted by Gasteiger charge is 2.32. The number of fused-ring (bicyclic) bond motifs is 1. The van der Waals surface area contributed by atoms with Gasteiger partial charge in [0.05, 0.1) is 12.5 Å². The zero-order valence-corrected chi connectivity index (χ0v) is 12.6. The van der Waals surface area contributed by atoms with Gasteiger partial charge >= 0.3 is 0 Å². The van der Waals surface area contributed by atoms with Crippen LogP contribution < -0.4 is 5.32 Å². The van der Waals surface area contributed by atoms with Gasteiger partial charge in [-0.25, -0.2) is 8.42 Å². The molecule has 1 aromatic heterocycles. The Balaban J connectivity index is 1.63. The van der Waals surface area contributed by atoms with Crippen LogP contribution in [0.1, 0.15) is 43.0 Å². The molecule has 3 rings (SSSR count). The molecule has 1 saturated heterocycles. The Labute approximate surface area is 120 Å². The van der Waals surface area contributed by atoms with Crippen molar-refractivity contribution >= 4 is 10.0 Å². The first kappa shape index (κ1) is 14.0. The summed E-state index contributed by atoms with van der Waals surface area (Å²) in [6, 6.07) is 0.404. The summed E-state index contributed by atoms with van der Waals surface area (Å²) in [7, 11) is -3.08. The van der Waals surface area contributed by atoms with Crippen molar-refractivity contribution in [1.29, 1.82) is 0 Å². The summed E-state index contributed by atoms with van der Waals surface area (Å²) in [6.07, 6.45) is 8.42. The Kier molecular flexibility index (Phi) is 3.83. The van der Waals surface area contributed by atoms with Gasteiger partial charge in [-0.05, 0) is 32.1 Å². The number of aromatic amines is 1. The first-order valence-corrected chi connectivity index (χ1v) is 9.13. The van der Waals surface area contributed by atoms with Gasteiger partial charge in [-0.3, -0.25) is 5.10 Å². The zero-order chi connectivity index (χ0) is 14.2. The minimum Gasteiger partial charge on any atom is -0.308 e. The molecule has 6 nitrogen and oxygen atoms in total. The monoisotopic (exact) mass is 298 g/mol. The van der Waals surface area contributed by atoms with Gasteiger partial charge in [0.1, 0.15) is 0 Å². The lowest BCUT2D eigenvalue weighted by Crippen LogP contribution is -2.42. The molecule has 20 heavy (non-hydrogen) atoms. The second kappa shape index (κ2) is 5.46. The molecule has 7 heteroatoms. The number of nitrogens with one attached hydrogen (secondary N) is 2. The lowest BCUT2D eigenvalue weighted by atomic mass is 9.93. The molecule has 0 spiro atoms. The van der Waals surface area contributed by atoms with Crippen molar-refractivity contribution in [3.63, 3.8) is 0 Å². The molecular weight excluding hydrogens is 276 g/mol. The van der Waals surface area contributed by atoms with E-state index in [0.29, 0.717) is 12.6 Å². The summed E-state index contributed by atoms with van der Waals surface area (Å²) in [5.74, 6) is 0. The number of sulfonamides is 1. The summed E-state index contributed by atoms with van der Waals surface area (Å²) in [5.41, 5.74) is 2.47. The first-order valence-electron chi connectivity index (χ1n) is 7.28. The average molecular weight is 298 g/mol. The minimum atomic E-state index is -3.08. The summed E-state index contributed by atoms with van der Waals surface area (Å²) in [5, 5.41) is 10.7. The third-order valence-electron chi connectivity index (χ3n) is 4.40. The van der Waals surface area contributed by atoms with Gasteiger partial charge in [0, 0.05) is 36.4 Å². The van der Waals surface area contributed by atoms with Crippen LogP contribution in [-0.4, -0.2) is 48.3 Å². The standard InChI is InChI=1S/C13H22N4O2S/c1-20(18,19)17-7-3-4-10(17)8-14-12-5-2-6-13-11(12)9-15-16-13/h9-10,12,14H,2-8H2,1H3,(H,15,16)/t10-,12?/m1/s1. The van der Waals surface area contributed by atoms with Crippen LogP contribution >= 0.6 is 0 Å². The maximum absolute atomic E-state index is 11.7. The molecule has 0 bridgehead atoms. The topological polar surface area (TPSA) is 78.1 Å². The van der Waals surface area contributed by atoms with Crippen molar-refractivity contribution < 1.29 is 8.42 Å². The predicted molar refractivity (Wildman–Crippen MR) is 76.8 cm³/mol. The number of hydrogen-bond acceptors (Lipinski definition) is 4. The Morgan fingerprint density at radius 3 is 3.10 bits per heavy atom. The van der Waals surface area contributed by atoms with Gasteiger partial charge in [-0.1, -0.05) is 0 Å². The molecule has 2 aliphatic rings. The molecule has 0 saturated carbocycles. The fourth-order valence-electron chi connectivity index (χ4n) is 3.40. The van der Waals surface area contributed by atoms with Gasteiger partial charge in [0.2, 0.25) is 10.0 Å². The summed E-state index contributed by atoms with van der Waals surface area (Å²) >= 11 is 0. The lowest BCUT2D eigenvalue weighted by molar-refractivity contribution is 0.348. The van der Waals surface area contributed by atoms with Gasteiger partial charge in [-0.2, -0.15) is 9.40 Å². The van der Waals surface area contributed by atoms with E-state index in [1.165, 1.54) is 17.5 Å². The van der Waals surface area contributed by atoms with Gasteiger partial charge in [0.15, 0.2) is 0 Å². The second-order valence-electron chi connectivity index (χ2n) is 5.83. The third-order valence-corrected chi connectivity index (χ3v) is 5.73. The Bertz CT molecular complexity index is 569. The van der Waals surface area contributed by atoms with Crippen LogP contribution in [0.25, 0.3) is 0 Å². The van der Waals surface area contributed by atoms with Crippen LogP contribution in [0.5, 0.6) is 0 Å². The molecule has 2 atom stereocenters. The average Bonchev–Trinajstić information content (AvgIpc) is 3.04. The number of nitrogens with zero attached hydrogens (tertiary/aromatic N) is 2. The summed E-state index contributed by atoms with van der Waals surface area (Å²) in [6.45, 7) is 1.38. The van der Waals surface area contributed by atoms with Gasteiger partial charge in [-0.15, -0.1) is 0 Å². The number of aromatic nitrogens is 2. The van der Waals surface area contributed by atoms with E-state index in [9.17, 15) is 8.42 Å². The third kappa shape index (κ3) is 2.75. The Hall–Kier alpha value is -0.920. The number of H-pyrrole nitrogens is 1. The van der Waals surface area contributed by atoms with E-state index in [-0.39, 0.29) is 6.04 Å². The molecule has 2 heterocycles. The quantitative estimate of drug-likeness (QED) is 0.862. The molecule has 0 amide bonds. The molecule has 1 aliphatic heterocycles. The van der Waals surface area contributed by atoms with E-state index in [1.807, 2.05) is 6.20 Å². The zero-order valence-electron chi connectivity index (χ0n) is 11.8. The van der Waals surface area contributed by atoms with E-state index in [0.717, 1.165) is 38.6 Å². The maximum atomic E-state index is 11.7. The lowest BCUT2D eigenvalue weighted by Gasteiger charge is -2.27. The maximum Gasteiger partial charge on any atom is 0.211 e. The molecule has 2 N–H and O–H groups in total. The number of rotatable bonds is 4. The van der Waals surface area contributed by atoms with E-state index in [4.69, 9.17) is 0 Å². The highest BCUT2D eigenvalue weighted by Crippen LogP contribution is 2.28. The van der Waals surface area contributed by atoms with Crippen LogP contribution in [0, 0.1) is 0 Å². The molecule has 0 aromatic carbocycles. The SMILES string of the molecule is CS(=O)(=O)N1CCC[C@@H]1CNC1CCCc2[nH]ncc21. The number of hydrogen-bond donors (Lipinski definition) is 2. The van der Waals surface area contributed by atoms with Crippen molar-refractivity contribution in [1.82, 2.24) is 19.8 Å². The molecular formula is C13H22N4O2S. The summed E-state index contributed by atoms with van der Waals surface area (Å²) < 4.78 is 25.1. The Morgan fingerprint density at radius 1 is 1.45 bits per heavy atom. The van der Waals surface area contributed by atoms with Crippen LogP contribution in [0.3, 0.4) is 0 Å². The molecule has 1 unspecified atom stereocenters. The highest BCUT2D eigenvalue weighted by molar-refractivity contribution is 7.88. The highest BCUT2D eigenvalue weighted by atomic mass is 32.2. The van der Waals surface area contributed by atoms with Crippen molar-refractivity contribution in [2.75, 3.05) is 19.3 Å². The fourth-order valence-corrected chi connectivity index (χ4v) is 4.58. The predicted octanol–water partition coefficient (Wildman–Crippen LogP) is 0.801. The van der Waals surface area contributed by atoms with Crippen molar-refractivity contribution in [3.8, 4) is 0 Å². The first-order chi connectivity index (χ1) is 9.55. The van der Waals surface area contributed by atoms with Crippen LogP contribution in [0.2, 0.25) is 0 Å². The summed E-state index contributed by atoms with van der Waals surface area (Å²) in [4.78, 5) is 0. The molecule has 1 aromatic rings. The van der Waals surface area contributed by atoms with Crippen molar-refractivity contribution in [2.24, 2.45) is 0 Å². The van der Waals surface area contributed by atoms with E-state index in [1.54, 1.807) is 4.31 Å². The second-order valence-corrected chi connectivity index (χ2v) is 7.76. The number of aryl methyl sites for hydroxylation is 1. The minimum absolute atomic E-state index is 0.0993. The van der Waals surface area contributed by atoms with E-state index >= 15 is 0 Å². The van der Waals surface area contributed by atoms with Gasteiger partial charge < -0.3 is 5.32 Å². The molecule has 112 valence electrons. The van der Waals surface area contributed by atoms with E-state index in [2.05, 4.69) is 15.5 Å². The molecule has 1 aliphatic carbocycles. The van der Waals surface area contributed by atoms with E-state index < -0.39 is 10.0 Å². The van der Waals surface area contributed by atoms with Crippen LogP contribution in [0.15, 0.2) is 6.20 Å². The van der Waals surface area contributed by atoms with Crippen molar-refractivity contribution in [3.05, 3.63) is 17.5 Å². The Morgan fingerprint density at radius 2 is 2.30 bits per heavy atom. The fraction of sp³-hybridized carbons (Fsp3) is 0.769. The largest absolute Gasteiger partial charge is 0.308 e. The molecule has 0 radical (unpaired) electrons. The normalized spacial score (nSPS) is 27.6. The van der Waals surface area contributed by atoms with Gasteiger partial charge in [0.25, 0.3) is 0 Å². The van der Waals surface area contributed by atoms with Crippen molar-refractivity contribution in [2.45, 2.75) is 44.2 Å². The smallest absolute Gasteiger partial charge is 0.211 e.